The van der Waals surface area contributed by atoms with E-state index in [9.17, 15) is 9.59 Å². The molecule has 27 heavy (non-hydrogen) atoms. The number of anilines is 1. The number of amides is 1. The zero-order valence-electron chi connectivity index (χ0n) is 16.1. The van der Waals surface area contributed by atoms with Crippen molar-refractivity contribution in [2.75, 3.05) is 45.3 Å². The number of likely N-dealkylation sites (tertiary alicyclic amines) is 1. The topological polar surface area (TPSA) is 84.9 Å². The summed E-state index contributed by atoms with van der Waals surface area (Å²) in [5, 5.41) is 8.23. The van der Waals surface area contributed by atoms with E-state index in [2.05, 4.69) is 15.1 Å². The van der Waals surface area contributed by atoms with E-state index in [-0.39, 0.29) is 17.8 Å². The highest BCUT2D eigenvalue weighted by molar-refractivity contribution is 5.80. The van der Waals surface area contributed by atoms with Gasteiger partial charge in [0.15, 0.2) is 5.82 Å². The van der Waals surface area contributed by atoms with Crippen molar-refractivity contribution in [1.29, 1.82) is 0 Å². The summed E-state index contributed by atoms with van der Waals surface area (Å²) >= 11 is 0. The van der Waals surface area contributed by atoms with Gasteiger partial charge in [-0.3, -0.25) is 9.59 Å². The second kappa shape index (κ2) is 9.01. The molecule has 2 aliphatic rings. The van der Waals surface area contributed by atoms with Crippen LogP contribution in [0.3, 0.4) is 0 Å². The molecule has 1 unspecified atom stereocenters. The lowest BCUT2D eigenvalue weighted by molar-refractivity contribution is -0.142. The molecule has 2 saturated heterocycles. The Hall–Kier alpha value is -2.38. The van der Waals surface area contributed by atoms with Crippen molar-refractivity contribution < 1.29 is 19.1 Å². The van der Waals surface area contributed by atoms with Gasteiger partial charge in [0.2, 0.25) is 11.8 Å². The molecule has 1 amide bonds. The SMILES string of the molecule is COC(=O)CC1CCN(C(=O)C2CCCN(c3ccc(OC)nn3)C2)CC1. The molecule has 8 heteroatoms. The summed E-state index contributed by atoms with van der Waals surface area (Å²) in [5.74, 6) is 1.63. The van der Waals surface area contributed by atoms with Crippen molar-refractivity contribution in [2.24, 2.45) is 11.8 Å². The number of ether oxygens (including phenoxy) is 2. The fourth-order valence-corrected chi connectivity index (χ4v) is 3.91. The second-order valence-corrected chi connectivity index (χ2v) is 7.27. The zero-order valence-corrected chi connectivity index (χ0v) is 16.1. The van der Waals surface area contributed by atoms with Gasteiger partial charge in [-0.25, -0.2) is 0 Å². The van der Waals surface area contributed by atoms with E-state index in [1.54, 1.807) is 13.2 Å². The normalized spacial score (nSPS) is 21.0. The van der Waals surface area contributed by atoms with Crippen LogP contribution in [-0.4, -0.2) is 67.4 Å². The predicted octanol–water partition coefficient (Wildman–Crippen LogP) is 1.50. The van der Waals surface area contributed by atoms with Crippen molar-refractivity contribution in [1.82, 2.24) is 15.1 Å². The highest BCUT2D eigenvalue weighted by Gasteiger charge is 2.32. The molecule has 2 aliphatic heterocycles. The van der Waals surface area contributed by atoms with Crippen molar-refractivity contribution in [3.63, 3.8) is 0 Å². The molecule has 3 heterocycles. The van der Waals surface area contributed by atoms with Crippen LogP contribution >= 0.6 is 0 Å². The zero-order chi connectivity index (χ0) is 19.2. The van der Waals surface area contributed by atoms with Gasteiger partial charge in [-0.2, -0.15) is 0 Å². The van der Waals surface area contributed by atoms with Crippen LogP contribution in [0.25, 0.3) is 0 Å². The highest BCUT2D eigenvalue weighted by Crippen LogP contribution is 2.26. The first-order valence-electron chi connectivity index (χ1n) is 9.59. The van der Waals surface area contributed by atoms with Crippen LogP contribution in [0, 0.1) is 11.8 Å². The molecule has 0 radical (unpaired) electrons. The molecular weight excluding hydrogens is 348 g/mol. The Kier molecular flexibility index (Phi) is 6.47. The molecule has 0 saturated carbocycles. The maximum absolute atomic E-state index is 13.0. The Morgan fingerprint density at radius 2 is 1.89 bits per heavy atom. The molecule has 0 aliphatic carbocycles. The molecule has 2 fully saturated rings. The number of carbonyl (C=O) groups excluding carboxylic acids is 2. The molecule has 0 aromatic carbocycles. The summed E-state index contributed by atoms with van der Waals surface area (Å²) in [4.78, 5) is 28.5. The van der Waals surface area contributed by atoms with Gasteiger partial charge in [0.1, 0.15) is 0 Å². The van der Waals surface area contributed by atoms with Crippen molar-refractivity contribution in [3.05, 3.63) is 12.1 Å². The Balaban J connectivity index is 1.53. The average molecular weight is 376 g/mol. The van der Waals surface area contributed by atoms with Gasteiger partial charge in [0, 0.05) is 38.7 Å². The van der Waals surface area contributed by atoms with Crippen LogP contribution in [0.15, 0.2) is 12.1 Å². The van der Waals surface area contributed by atoms with Gasteiger partial charge in [-0.05, 0) is 37.7 Å². The molecule has 0 spiro atoms. The molecule has 1 aromatic heterocycles. The lowest BCUT2D eigenvalue weighted by Gasteiger charge is -2.38. The summed E-state index contributed by atoms with van der Waals surface area (Å²) in [6.45, 7) is 2.99. The summed E-state index contributed by atoms with van der Waals surface area (Å²) < 4.78 is 9.80. The Morgan fingerprint density at radius 3 is 2.52 bits per heavy atom. The third kappa shape index (κ3) is 4.87. The number of aromatic nitrogens is 2. The summed E-state index contributed by atoms with van der Waals surface area (Å²) in [6, 6.07) is 3.68. The van der Waals surface area contributed by atoms with Crippen molar-refractivity contribution >= 4 is 17.7 Å². The predicted molar refractivity (Wildman–Crippen MR) is 99.5 cm³/mol. The first kappa shape index (κ1) is 19.4. The fraction of sp³-hybridized carbons (Fsp3) is 0.684. The molecule has 8 nitrogen and oxygen atoms in total. The maximum Gasteiger partial charge on any atom is 0.305 e. The third-order valence-corrected chi connectivity index (χ3v) is 5.54. The third-order valence-electron chi connectivity index (χ3n) is 5.54. The average Bonchev–Trinajstić information content (AvgIpc) is 2.74. The van der Waals surface area contributed by atoms with Crippen LogP contribution < -0.4 is 9.64 Å². The molecule has 1 atom stereocenters. The lowest BCUT2D eigenvalue weighted by atomic mass is 9.91. The summed E-state index contributed by atoms with van der Waals surface area (Å²) in [6.07, 6.45) is 4.04. The Morgan fingerprint density at radius 1 is 1.11 bits per heavy atom. The minimum Gasteiger partial charge on any atom is -0.480 e. The number of methoxy groups -OCH3 is 2. The molecule has 0 N–H and O–H groups in total. The molecule has 148 valence electrons. The largest absolute Gasteiger partial charge is 0.480 e. The first-order chi connectivity index (χ1) is 13.1. The van der Waals surface area contributed by atoms with Gasteiger partial charge in [0.25, 0.3) is 0 Å². The Bertz CT molecular complexity index is 644. The van der Waals surface area contributed by atoms with E-state index in [1.165, 1.54) is 7.11 Å². The van der Waals surface area contributed by atoms with Gasteiger partial charge in [-0.15, -0.1) is 10.2 Å². The van der Waals surface area contributed by atoms with E-state index in [1.807, 2.05) is 11.0 Å². The minimum atomic E-state index is -0.164. The summed E-state index contributed by atoms with van der Waals surface area (Å²) in [7, 11) is 2.98. The number of nitrogens with zero attached hydrogens (tertiary/aromatic N) is 4. The van der Waals surface area contributed by atoms with Crippen LogP contribution in [0.1, 0.15) is 32.1 Å². The standard InChI is InChI=1S/C19H28N4O4/c1-26-17-6-5-16(20-21-17)23-9-3-4-15(13-23)19(25)22-10-7-14(8-11-22)12-18(24)27-2/h5-6,14-15H,3-4,7-13H2,1-2H3. The van der Waals surface area contributed by atoms with Gasteiger partial charge >= 0.3 is 5.97 Å². The van der Waals surface area contributed by atoms with Gasteiger partial charge < -0.3 is 19.3 Å². The van der Waals surface area contributed by atoms with E-state index < -0.39 is 0 Å². The van der Waals surface area contributed by atoms with Crippen LogP contribution in [0.4, 0.5) is 5.82 Å². The lowest BCUT2D eigenvalue weighted by Crippen LogP contribution is -2.47. The number of carbonyl (C=O) groups is 2. The van der Waals surface area contributed by atoms with Crippen LogP contribution in [-0.2, 0) is 14.3 Å². The smallest absolute Gasteiger partial charge is 0.305 e. The van der Waals surface area contributed by atoms with E-state index in [0.717, 1.165) is 51.1 Å². The first-order valence-corrected chi connectivity index (χ1v) is 9.59. The maximum atomic E-state index is 13.0. The van der Waals surface area contributed by atoms with E-state index in [4.69, 9.17) is 9.47 Å². The van der Waals surface area contributed by atoms with Gasteiger partial charge in [0.05, 0.1) is 20.1 Å². The molecule has 3 rings (SSSR count). The number of hydrogen-bond acceptors (Lipinski definition) is 7. The molecule has 0 bridgehead atoms. The van der Waals surface area contributed by atoms with Crippen LogP contribution in [0.2, 0.25) is 0 Å². The van der Waals surface area contributed by atoms with Crippen LogP contribution in [0.5, 0.6) is 5.88 Å². The number of rotatable bonds is 5. The number of esters is 1. The minimum absolute atomic E-state index is 0.0141. The Labute approximate surface area is 159 Å². The molecule has 1 aromatic rings. The van der Waals surface area contributed by atoms with E-state index >= 15 is 0 Å². The van der Waals surface area contributed by atoms with Crippen molar-refractivity contribution in [2.45, 2.75) is 32.1 Å². The highest BCUT2D eigenvalue weighted by atomic mass is 16.5. The molecular formula is C19H28N4O4. The number of hydrogen-bond donors (Lipinski definition) is 0. The number of piperidine rings is 2. The summed E-state index contributed by atoms with van der Waals surface area (Å²) in [5.41, 5.74) is 0. The van der Waals surface area contributed by atoms with E-state index in [0.29, 0.717) is 24.8 Å². The second-order valence-electron chi connectivity index (χ2n) is 7.27. The fourth-order valence-electron chi connectivity index (χ4n) is 3.91. The quantitative estimate of drug-likeness (QED) is 0.720. The van der Waals surface area contributed by atoms with Gasteiger partial charge in [-0.1, -0.05) is 0 Å². The monoisotopic (exact) mass is 376 g/mol. The van der Waals surface area contributed by atoms with Crippen molar-refractivity contribution in [3.8, 4) is 5.88 Å².